The van der Waals surface area contributed by atoms with Crippen molar-refractivity contribution >= 4 is 6.03 Å². The van der Waals surface area contributed by atoms with Crippen molar-refractivity contribution in [3.05, 3.63) is 41.8 Å². The van der Waals surface area contributed by atoms with E-state index in [0.717, 1.165) is 18.5 Å². The van der Waals surface area contributed by atoms with Gasteiger partial charge in [-0.05, 0) is 25.0 Å². The quantitative estimate of drug-likeness (QED) is 0.830. The molecule has 10 heteroatoms. The summed E-state index contributed by atoms with van der Waals surface area (Å²) in [6.07, 6.45) is -1.86. The number of amides is 2. The second-order valence-electron chi connectivity index (χ2n) is 6.33. The van der Waals surface area contributed by atoms with Gasteiger partial charge < -0.3 is 24.2 Å². The Morgan fingerprint density at radius 2 is 2.00 bits per heavy atom. The van der Waals surface area contributed by atoms with E-state index >= 15 is 0 Å². The van der Waals surface area contributed by atoms with Crippen molar-refractivity contribution in [1.82, 2.24) is 15.4 Å². The van der Waals surface area contributed by atoms with Crippen LogP contribution in [0.15, 0.2) is 35.1 Å². The minimum Gasteiger partial charge on any atom is -0.496 e. The fourth-order valence-electron chi connectivity index (χ4n) is 3.22. The normalized spacial score (nSPS) is 15.4. The molecule has 1 aromatic carbocycles. The average Bonchev–Trinajstić information content (AvgIpc) is 3.20. The number of rotatable bonds is 5. The zero-order valence-electron chi connectivity index (χ0n) is 15.2. The number of hydrogen-bond donors (Lipinski definition) is 1. The van der Waals surface area contributed by atoms with Gasteiger partial charge in [0.05, 0.1) is 24.9 Å². The molecular weight excluding hydrogens is 379 g/mol. The first kappa shape index (κ1) is 19.8. The van der Waals surface area contributed by atoms with Gasteiger partial charge in [-0.25, -0.2) is 4.79 Å². The Hall–Kier alpha value is -2.91. The zero-order chi connectivity index (χ0) is 20.1. The lowest BCUT2D eigenvalue weighted by molar-refractivity contribution is -0.274. The minimum atomic E-state index is -4.84. The summed E-state index contributed by atoms with van der Waals surface area (Å²) < 4.78 is 51.9. The fraction of sp³-hybridized carbons (Fsp3) is 0.444. The number of halogens is 3. The van der Waals surface area contributed by atoms with E-state index in [-0.39, 0.29) is 29.8 Å². The molecule has 2 heterocycles. The van der Waals surface area contributed by atoms with Gasteiger partial charge in [0.15, 0.2) is 0 Å². The molecular formula is C18H20F3N3O4. The second-order valence-corrected chi connectivity index (χ2v) is 6.33. The van der Waals surface area contributed by atoms with Crippen LogP contribution in [0.25, 0.3) is 0 Å². The van der Waals surface area contributed by atoms with Crippen molar-refractivity contribution in [2.75, 3.05) is 20.2 Å². The molecule has 1 fully saturated rings. The third-order valence-electron chi connectivity index (χ3n) is 4.61. The topological polar surface area (TPSA) is 76.8 Å². The summed E-state index contributed by atoms with van der Waals surface area (Å²) in [7, 11) is 1.34. The summed E-state index contributed by atoms with van der Waals surface area (Å²) in [4.78, 5) is 14.1. The lowest BCUT2D eigenvalue weighted by atomic mass is 9.94. The lowest BCUT2D eigenvalue weighted by Crippen LogP contribution is -2.44. The lowest BCUT2D eigenvalue weighted by Gasteiger charge is -2.31. The average molecular weight is 399 g/mol. The van der Waals surface area contributed by atoms with Crippen LogP contribution in [-0.2, 0) is 6.54 Å². The highest BCUT2D eigenvalue weighted by Crippen LogP contribution is 2.32. The van der Waals surface area contributed by atoms with Gasteiger partial charge in [0, 0.05) is 25.1 Å². The molecule has 1 saturated heterocycles. The number of benzene rings is 1. The van der Waals surface area contributed by atoms with Crippen molar-refractivity contribution in [1.29, 1.82) is 0 Å². The van der Waals surface area contributed by atoms with Crippen molar-refractivity contribution < 1.29 is 32.0 Å². The van der Waals surface area contributed by atoms with Gasteiger partial charge in [0.2, 0.25) is 0 Å². The van der Waals surface area contributed by atoms with E-state index in [2.05, 4.69) is 15.2 Å². The molecule has 0 unspecified atom stereocenters. The number of urea groups is 1. The molecule has 0 radical (unpaired) electrons. The predicted molar refractivity (Wildman–Crippen MR) is 92.0 cm³/mol. The van der Waals surface area contributed by atoms with Crippen LogP contribution < -0.4 is 14.8 Å². The Labute approximate surface area is 159 Å². The molecule has 1 aromatic heterocycles. The fourth-order valence-corrected chi connectivity index (χ4v) is 3.22. The highest BCUT2D eigenvalue weighted by Gasteiger charge is 2.33. The Morgan fingerprint density at radius 1 is 1.29 bits per heavy atom. The van der Waals surface area contributed by atoms with E-state index in [4.69, 9.17) is 9.26 Å². The number of hydrogen-bond acceptors (Lipinski definition) is 5. The molecule has 3 rings (SSSR count). The summed E-state index contributed by atoms with van der Waals surface area (Å²) in [6, 6.07) is 5.53. The molecule has 0 saturated carbocycles. The van der Waals surface area contributed by atoms with Gasteiger partial charge in [-0.3, -0.25) is 0 Å². The third kappa shape index (κ3) is 4.87. The van der Waals surface area contributed by atoms with Crippen LogP contribution in [0, 0.1) is 0 Å². The maximum absolute atomic E-state index is 12.6. The van der Waals surface area contributed by atoms with Crippen molar-refractivity contribution in [3.63, 3.8) is 0 Å². The number of alkyl halides is 3. The molecule has 1 N–H and O–H groups in total. The molecule has 1 aliphatic rings. The highest BCUT2D eigenvalue weighted by molar-refractivity contribution is 5.74. The van der Waals surface area contributed by atoms with Crippen LogP contribution in [-0.4, -0.2) is 42.6 Å². The smallest absolute Gasteiger partial charge is 0.496 e. The number of methoxy groups -OCH3 is 1. The van der Waals surface area contributed by atoms with Crippen molar-refractivity contribution in [2.45, 2.75) is 31.7 Å². The first-order valence-corrected chi connectivity index (χ1v) is 8.72. The van der Waals surface area contributed by atoms with Crippen molar-refractivity contribution in [2.24, 2.45) is 0 Å². The molecule has 2 amide bonds. The zero-order valence-corrected chi connectivity index (χ0v) is 15.2. The molecule has 0 aliphatic carbocycles. The summed E-state index contributed by atoms with van der Waals surface area (Å²) >= 11 is 0. The van der Waals surface area contributed by atoms with Crippen LogP contribution >= 0.6 is 0 Å². The van der Waals surface area contributed by atoms with Crippen LogP contribution in [0.2, 0.25) is 0 Å². The number of aromatic nitrogens is 1. The minimum absolute atomic E-state index is 0.119. The van der Waals surface area contributed by atoms with Crippen molar-refractivity contribution in [3.8, 4) is 11.5 Å². The molecule has 28 heavy (non-hydrogen) atoms. The Kier molecular flexibility index (Phi) is 5.96. The largest absolute Gasteiger partial charge is 0.573 e. The summed E-state index contributed by atoms with van der Waals surface area (Å²) in [5.41, 5.74) is 0.983. The summed E-state index contributed by atoms with van der Waals surface area (Å²) in [5, 5.41) is 6.57. The Morgan fingerprint density at radius 3 is 2.61 bits per heavy atom. The Balaban J connectivity index is 1.60. The third-order valence-corrected chi connectivity index (χ3v) is 4.61. The Bertz CT molecular complexity index is 788. The van der Waals surface area contributed by atoms with E-state index in [0.29, 0.717) is 13.1 Å². The monoisotopic (exact) mass is 399 g/mol. The summed E-state index contributed by atoms with van der Waals surface area (Å²) in [5.74, 6) is 0.0208. The number of piperidine rings is 1. The van der Waals surface area contributed by atoms with Crippen LogP contribution in [0.3, 0.4) is 0 Å². The van der Waals surface area contributed by atoms with E-state index < -0.39 is 12.1 Å². The van der Waals surface area contributed by atoms with E-state index in [1.54, 1.807) is 4.90 Å². The van der Waals surface area contributed by atoms with Crippen LogP contribution in [0.1, 0.15) is 30.0 Å². The van der Waals surface area contributed by atoms with E-state index in [9.17, 15) is 18.0 Å². The molecule has 0 atom stereocenters. The SMILES string of the molecule is COc1cccc(OC(F)(F)F)c1CNC(=O)N1CCC(c2ccon2)CC1. The second kappa shape index (κ2) is 8.41. The van der Waals surface area contributed by atoms with Gasteiger partial charge in [0.1, 0.15) is 17.8 Å². The van der Waals surface area contributed by atoms with Gasteiger partial charge in [-0.2, -0.15) is 0 Å². The predicted octanol–water partition coefficient (Wildman–Crippen LogP) is 3.67. The number of ether oxygens (including phenoxy) is 2. The molecule has 1 aliphatic heterocycles. The standard InChI is InChI=1S/C18H20F3N3O4/c1-26-15-3-2-4-16(28-18(19,20)21)13(15)11-22-17(25)24-8-5-12(6-9-24)14-7-10-27-23-14/h2-4,7,10,12H,5-6,8-9,11H2,1H3,(H,22,25). The van der Waals surface area contributed by atoms with Crippen LogP contribution in [0.5, 0.6) is 11.5 Å². The number of carbonyl (C=O) groups is 1. The van der Waals surface area contributed by atoms with Gasteiger partial charge in [-0.1, -0.05) is 11.2 Å². The number of nitrogens with one attached hydrogen (secondary N) is 1. The maximum Gasteiger partial charge on any atom is 0.573 e. The van der Waals surface area contributed by atoms with Crippen LogP contribution in [0.4, 0.5) is 18.0 Å². The molecule has 7 nitrogen and oxygen atoms in total. The molecule has 0 bridgehead atoms. The van der Waals surface area contributed by atoms with Gasteiger partial charge >= 0.3 is 12.4 Å². The first-order valence-electron chi connectivity index (χ1n) is 8.72. The number of carbonyl (C=O) groups excluding carboxylic acids is 1. The maximum atomic E-state index is 12.6. The molecule has 0 spiro atoms. The number of nitrogens with zero attached hydrogens (tertiary/aromatic N) is 2. The first-order chi connectivity index (χ1) is 13.4. The highest BCUT2D eigenvalue weighted by atomic mass is 19.4. The van der Waals surface area contributed by atoms with Gasteiger partial charge in [0.25, 0.3) is 0 Å². The summed E-state index contributed by atoms with van der Waals surface area (Å²) in [6.45, 7) is 0.875. The van der Waals surface area contributed by atoms with E-state index in [1.165, 1.54) is 31.6 Å². The molecule has 2 aromatic rings. The van der Waals surface area contributed by atoms with E-state index in [1.807, 2.05) is 6.07 Å². The van der Waals surface area contributed by atoms with Gasteiger partial charge in [-0.15, -0.1) is 13.2 Å². The number of likely N-dealkylation sites (tertiary alicyclic amines) is 1. The molecule has 152 valence electrons.